The van der Waals surface area contributed by atoms with Gasteiger partial charge >= 0.3 is 0 Å². The van der Waals surface area contributed by atoms with Crippen LogP contribution in [0.3, 0.4) is 0 Å². The average molecular weight is 439 g/mol. The van der Waals surface area contributed by atoms with Crippen molar-refractivity contribution in [3.63, 3.8) is 0 Å². The first-order valence-electron chi connectivity index (χ1n) is 10.8. The first-order chi connectivity index (χ1) is 14.7. The van der Waals surface area contributed by atoms with E-state index in [1.165, 1.54) is 12.1 Å². The molecule has 0 saturated heterocycles. The van der Waals surface area contributed by atoms with Crippen LogP contribution in [0, 0.1) is 0 Å². The van der Waals surface area contributed by atoms with Crippen molar-refractivity contribution in [1.82, 2.24) is 0 Å². The Morgan fingerprint density at radius 2 is 1.84 bits per heavy atom. The minimum Gasteiger partial charge on any atom is -0.508 e. The van der Waals surface area contributed by atoms with Gasteiger partial charge in [-0.3, -0.25) is 4.79 Å². The van der Waals surface area contributed by atoms with Crippen molar-refractivity contribution in [3.8, 4) is 17.2 Å². The second-order valence-corrected chi connectivity index (χ2v) is 10.1. The van der Waals surface area contributed by atoms with Crippen LogP contribution in [-0.2, 0) is 17.4 Å². The quantitative estimate of drug-likeness (QED) is 0.386. The van der Waals surface area contributed by atoms with Crippen LogP contribution in [0.15, 0.2) is 33.0 Å². The van der Waals surface area contributed by atoms with Crippen molar-refractivity contribution in [2.45, 2.75) is 72.0 Å². The van der Waals surface area contributed by atoms with Gasteiger partial charge in [0.25, 0.3) is 0 Å². The Balaban J connectivity index is 2.26. The van der Waals surface area contributed by atoms with Crippen LogP contribution in [0.25, 0.3) is 21.9 Å². The number of aliphatic hydroxyl groups is 1. The average Bonchev–Trinajstić information content (AvgIpc) is 2.89. The molecule has 6 heteroatoms. The van der Waals surface area contributed by atoms with Gasteiger partial charge in [-0.2, -0.15) is 0 Å². The van der Waals surface area contributed by atoms with Crippen molar-refractivity contribution >= 4 is 21.9 Å². The summed E-state index contributed by atoms with van der Waals surface area (Å²) in [6, 6.07) is 2.70. The molecule has 170 valence electrons. The van der Waals surface area contributed by atoms with Gasteiger partial charge < -0.3 is 24.5 Å². The van der Waals surface area contributed by atoms with E-state index in [-0.39, 0.29) is 45.1 Å². The second kappa shape index (κ2) is 7.01. The molecule has 2 aromatic carbocycles. The molecule has 2 heterocycles. The minimum absolute atomic E-state index is 0.0616. The molecule has 0 aliphatic carbocycles. The van der Waals surface area contributed by atoms with E-state index < -0.39 is 16.4 Å². The van der Waals surface area contributed by atoms with E-state index in [2.05, 4.69) is 0 Å². The number of allylic oxidation sites excluding steroid dienone is 2. The predicted octanol–water partition coefficient (Wildman–Crippen LogP) is 5.15. The van der Waals surface area contributed by atoms with E-state index >= 15 is 0 Å². The first kappa shape index (κ1) is 22.2. The van der Waals surface area contributed by atoms with Gasteiger partial charge in [0.05, 0.1) is 11.0 Å². The van der Waals surface area contributed by atoms with Crippen molar-refractivity contribution in [3.05, 3.63) is 50.7 Å². The standard InChI is InChI=1S/C26H30O6/c1-12(2)8-9-15-20(28)18-21(29)16-10-14(27)11-17(26(6,7)30)22(16)32-24(18)19-23(15)31-13(3)25(19,4)5/h8,10-11,13,27-28,30H,9H2,1-7H3/t13-/m0/s1. The molecule has 4 rings (SSSR count). The van der Waals surface area contributed by atoms with Gasteiger partial charge in [-0.15, -0.1) is 0 Å². The molecule has 1 aromatic heterocycles. The molecule has 3 aromatic rings. The maximum absolute atomic E-state index is 13.7. The van der Waals surface area contributed by atoms with Gasteiger partial charge in [-0.25, -0.2) is 0 Å². The van der Waals surface area contributed by atoms with Crippen molar-refractivity contribution in [1.29, 1.82) is 0 Å². The predicted molar refractivity (Wildman–Crippen MR) is 125 cm³/mol. The highest BCUT2D eigenvalue weighted by Crippen LogP contribution is 2.52. The van der Waals surface area contributed by atoms with E-state index in [0.29, 0.717) is 17.7 Å². The highest BCUT2D eigenvalue weighted by atomic mass is 16.5. The van der Waals surface area contributed by atoms with Gasteiger partial charge in [0.15, 0.2) is 0 Å². The first-order valence-corrected chi connectivity index (χ1v) is 10.8. The molecule has 1 atom stereocenters. The number of hydrogen-bond acceptors (Lipinski definition) is 6. The Kier molecular flexibility index (Phi) is 4.86. The van der Waals surface area contributed by atoms with Crippen LogP contribution in [0.2, 0.25) is 0 Å². The van der Waals surface area contributed by atoms with E-state index in [0.717, 1.165) is 11.1 Å². The third kappa shape index (κ3) is 3.16. The van der Waals surface area contributed by atoms with E-state index in [4.69, 9.17) is 9.15 Å². The molecule has 0 unspecified atom stereocenters. The zero-order valence-corrected chi connectivity index (χ0v) is 19.6. The number of aromatic hydroxyl groups is 2. The third-order valence-corrected chi connectivity index (χ3v) is 6.56. The Morgan fingerprint density at radius 1 is 1.19 bits per heavy atom. The molecule has 0 spiro atoms. The number of ether oxygens (including phenoxy) is 1. The maximum atomic E-state index is 13.7. The fraction of sp³-hybridized carbons (Fsp3) is 0.423. The largest absolute Gasteiger partial charge is 0.508 e. The lowest BCUT2D eigenvalue weighted by atomic mass is 9.79. The summed E-state index contributed by atoms with van der Waals surface area (Å²) in [5.74, 6) is 0.199. The third-order valence-electron chi connectivity index (χ3n) is 6.56. The summed E-state index contributed by atoms with van der Waals surface area (Å²) in [7, 11) is 0. The maximum Gasteiger partial charge on any atom is 0.204 e. The van der Waals surface area contributed by atoms with Gasteiger partial charge in [0, 0.05) is 22.1 Å². The van der Waals surface area contributed by atoms with Crippen molar-refractivity contribution in [2.75, 3.05) is 0 Å². The van der Waals surface area contributed by atoms with Crippen LogP contribution in [0.1, 0.15) is 65.2 Å². The topological polar surface area (TPSA) is 100 Å². The molecule has 6 nitrogen and oxygen atoms in total. The molecular formula is C26H30O6. The zero-order chi connectivity index (χ0) is 23.7. The Hall–Kier alpha value is -2.99. The number of benzene rings is 2. The molecule has 0 radical (unpaired) electrons. The Bertz CT molecular complexity index is 1350. The van der Waals surface area contributed by atoms with Gasteiger partial charge in [-0.05, 0) is 53.2 Å². The van der Waals surface area contributed by atoms with Crippen LogP contribution in [-0.4, -0.2) is 21.4 Å². The molecule has 1 aliphatic heterocycles. The fourth-order valence-electron chi connectivity index (χ4n) is 4.38. The lowest BCUT2D eigenvalue weighted by molar-refractivity contribution is 0.0789. The van der Waals surface area contributed by atoms with Crippen LogP contribution in [0.4, 0.5) is 0 Å². The highest BCUT2D eigenvalue weighted by molar-refractivity contribution is 5.99. The molecule has 32 heavy (non-hydrogen) atoms. The summed E-state index contributed by atoms with van der Waals surface area (Å²) < 4.78 is 12.5. The van der Waals surface area contributed by atoms with Gasteiger partial charge in [0.2, 0.25) is 5.43 Å². The minimum atomic E-state index is -1.37. The van der Waals surface area contributed by atoms with Crippen LogP contribution < -0.4 is 10.2 Å². The number of phenolic OH excluding ortho intramolecular Hbond substituents is 2. The fourth-order valence-corrected chi connectivity index (χ4v) is 4.38. The number of rotatable bonds is 3. The smallest absolute Gasteiger partial charge is 0.204 e. The summed E-state index contributed by atoms with van der Waals surface area (Å²) >= 11 is 0. The molecule has 0 amide bonds. The molecule has 0 saturated carbocycles. The molecule has 0 bridgehead atoms. The van der Waals surface area contributed by atoms with Crippen molar-refractivity contribution < 1.29 is 24.5 Å². The number of phenols is 2. The Morgan fingerprint density at radius 3 is 2.44 bits per heavy atom. The lowest BCUT2D eigenvalue weighted by Gasteiger charge is -2.23. The normalized spacial score (nSPS) is 17.4. The molecular weight excluding hydrogens is 408 g/mol. The van der Waals surface area contributed by atoms with E-state index in [1.54, 1.807) is 13.8 Å². The van der Waals surface area contributed by atoms with Gasteiger partial charge in [-0.1, -0.05) is 25.5 Å². The Labute approximate surface area is 186 Å². The number of hydrogen-bond donors (Lipinski definition) is 3. The SMILES string of the molecule is CC(C)=CCc1c2c(c3oc4c(C(C)(C)O)cc(O)cc4c(=O)c3c1O)C(C)(C)[C@H](C)O2. The zero-order valence-electron chi connectivity index (χ0n) is 19.6. The summed E-state index contributed by atoms with van der Waals surface area (Å²) in [4.78, 5) is 13.7. The monoisotopic (exact) mass is 438 g/mol. The van der Waals surface area contributed by atoms with Gasteiger partial charge in [0.1, 0.15) is 39.9 Å². The summed E-state index contributed by atoms with van der Waals surface area (Å²) in [6.07, 6.45) is 2.17. The lowest BCUT2D eigenvalue weighted by Crippen LogP contribution is -2.29. The van der Waals surface area contributed by atoms with Crippen LogP contribution in [0.5, 0.6) is 17.2 Å². The molecule has 0 fully saturated rings. The number of fused-ring (bicyclic) bond motifs is 4. The molecule has 3 N–H and O–H groups in total. The van der Waals surface area contributed by atoms with E-state index in [9.17, 15) is 20.1 Å². The highest BCUT2D eigenvalue weighted by Gasteiger charge is 2.44. The van der Waals surface area contributed by atoms with E-state index in [1.807, 2.05) is 40.7 Å². The molecule has 1 aliphatic rings. The van der Waals surface area contributed by atoms with Crippen molar-refractivity contribution in [2.24, 2.45) is 0 Å². The second-order valence-electron chi connectivity index (χ2n) is 10.1. The summed E-state index contributed by atoms with van der Waals surface area (Å²) in [5, 5.41) is 32.3. The van der Waals surface area contributed by atoms with Crippen LogP contribution >= 0.6 is 0 Å². The summed E-state index contributed by atoms with van der Waals surface area (Å²) in [6.45, 7) is 13.0. The summed E-state index contributed by atoms with van der Waals surface area (Å²) in [5.41, 5.74) is 0.752.